The number of hydrogen-bond acceptors (Lipinski definition) is 3. The van der Waals surface area contributed by atoms with Gasteiger partial charge >= 0.3 is 5.97 Å². The lowest BCUT2D eigenvalue weighted by molar-refractivity contribution is -0.169. The van der Waals surface area contributed by atoms with Crippen molar-refractivity contribution in [1.82, 2.24) is 5.32 Å². The first-order chi connectivity index (χ1) is 6.33. The number of carbonyl (C=O) groups is 1. The highest BCUT2D eigenvalue weighted by Gasteiger charge is 2.27. The molecule has 0 aliphatic carbocycles. The number of cyclic esters (lactones) is 1. The zero-order chi connectivity index (χ0) is 9.52. The number of unbranched alkanes of at least 4 members (excludes halogenated alkanes) is 2. The van der Waals surface area contributed by atoms with E-state index < -0.39 is 0 Å². The van der Waals surface area contributed by atoms with E-state index in [-0.39, 0.29) is 12.1 Å². The topological polar surface area (TPSA) is 38.3 Å². The van der Waals surface area contributed by atoms with Crippen molar-refractivity contribution in [3.8, 4) is 0 Å². The Bertz CT molecular complexity index is 151. The second-order valence-electron chi connectivity index (χ2n) is 3.56. The maximum atomic E-state index is 10.4. The minimum atomic E-state index is -0.0454. The Labute approximate surface area is 79.8 Å². The molecule has 1 unspecified atom stereocenters. The lowest BCUT2D eigenvalue weighted by Crippen LogP contribution is -2.35. The van der Waals surface area contributed by atoms with E-state index >= 15 is 0 Å². The van der Waals surface area contributed by atoms with Crippen LogP contribution in [0, 0.1) is 0 Å². The Hall–Kier alpha value is -0.570. The van der Waals surface area contributed by atoms with E-state index in [1.165, 1.54) is 19.3 Å². The average molecular weight is 185 g/mol. The Morgan fingerprint density at radius 1 is 1.46 bits per heavy atom. The van der Waals surface area contributed by atoms with Crippen molar-refractivity contribution in [2.75, 3.05) is 13.1 Å². The van der Waals surface area contributed by atoms with Gasteiger partial charge in [-0.3, -0.25) is 4.79 Å². The van der Waals surface area contributed by atoms with E-state index in [4.69, 9.17) is 4.74 Å². The van der Waals surface area contributed by atoms with Crippen molar-refractivity contribution >= 4 is 5.97 Å². The predicted molar refractivity (Wildman–Crippen MR) is 51.5 cm³/mol. The molecule has 1 aliphatic rings. The third kappa shape index (κ3) is 4.27. The summed E-state index contributed by atoms with van der Waals surface area (Å²) in [6.45, 7) is 4.27. The first kappa shape index (κ1) is 10.5. The van der Waals surface area contributed by atoms with Crippen molar-refractivity contribution in [3.63, 3.8) is 0 Å². The van der Waals surface area contributed by atoms with Crippen molar-refractivity contribution in [3.05, 3.63) is 0 Å². The first-order valence-corrected chi connectivity index (χ1v) is 5.23. The molecule has 3 nitrogen and oxygen atoms in total. The van der Waals surface area contributed by atoms with Gasteiger partial charge in [-0.2, -0.15) is 0 Å². The maximum Gasteiger partial charge on any atom is 0.309 e. The van der Waals surface area contributed by atoms with Crippen LogP contribution in [0.15, 0.2) is 0 Å². The highest BCUT2D eigenvalue weighted by molar-refractivity contribution is 5.75. The first-order valence-electron chi connectivity index (χ1n) is 5.23. The molecule has 1 fully saturated rings. The molecule has 0 amide bonds. The average Bonchev–Trinajstić information content (AvgIpc) is 2.07. The fraction of sp³-hybridized carbons (Fsp3) is 0.900. The summed E-state index contributed by atoms with van der Waals surface area (Å²) in [5.41, 5.74) is 0. The molecule has 0 bridgehead atoms. The summed E-state index contributed by atoms with van der Waals surface area (Å²) in [6.07, 6.45) is 5.61. The SMILES string of the molecule is CCCCCNCCC1CC(=O)O1. The van der Waals surface area contributed by atoms with E-state index in [0.717, 1.165) is 19.5 Å². The second-order valence-corrected chi connectivity index (χ2v) is 3.56. The standard InChI is InChI=1S/C10H19NO2/c1-2-3-4-6-11-7-5-9-8-10(12)13-9/h9,11H,2-8H2,1H3. The van der Waals surface area contributed by atoms with Crippen LogP contribution in [0.1, 0.15) is 39.0 Å². The summed E-state index contributed by atoms with van der Waals surface area (Å²) in [5.74, 6) is -0.0454. The van der Waals surface area contributed by atoms with Crippen LogP contribution < -0.4 is 5.32 Å². The monoisotopic (exact) mass is 185 g/mol. The lowest BCUT2D eigenvalue weighted by Gasteiger charge is -2.25. The van der Waals surface area contributed by atoms with Gasteiger partial charge in [0.15, 0.2) is 0 Å². The smallest absolute Gasteiger partial charge is 0.309 e. The van der Waals surface area contributed by atoms with Crippen LogP contribution in [0.5, 0.6) is 0 Å². The van der Waals surface area contributed by atoms with Gasteiger partial charge in [-0.1, -0.05) is 19.8 Å². The van der Waals surface area contributed by atoms with Crippen molar-refractivity contribution in [2.24, 2.45) is 0 Å². The van der Waals surface area contributed by atoms with Crippen LogP contribution in [0.3, 0.4) is 0 Å². The molecule has 1 saturated heterocycles. The van der Waals surface area contributed by atoms with Crippen molar-refractivity contribution in [1.29, 1.82) is 0 Å². The predicted octanol–water partition coefficient (Wildman–Crippen LogP) is 1.47. The minimum absolute atomic E-state index is 0.0454. The summed E-state index contributed by atoms with van der Waals surface area (Å²) in [6, 6.07) is 0. The van der Waals surface area contributed by atoms with E-state index in [1.807, 2.05) is 0 Å². The number of rotatable bonds is 7. The zero-order valence-corrected chi connectivity index (χ0v) is 8.34. The van der Waals surface area contributed by atoms with Gasteiger partial charge in [0.05, 0.1) is 6.42 Å². The van der Waals surface area contributed by atoms with E-state index in [0.29, 0.717) is 6.42 Å². The Morgan fingerprint density at radius 2 is 2.23 bits per heavy atom. The quantitative estimate of drug-likeness (QED) is 0.482. The lowest BCUT2D eigenvalue weighted by atomic mass is 10.1. The van der Waals surface area contributed by atoms with Gasteiger partial charge in [-0.15, -0.1) is 0 Å². The molecule has 1 heterocycles. The molecule has 0 aromatic carbocycles. The van der Waals surface area contributed by atoms with Gasteiger partial charge in [0.2, 0.25) is 0 Å². The molecule has 1 atom stereocenters. The van der Waals surface area contributed by atoms with Gasteiger partial charge < -0.3 is 10.1 Å². The van der Waals surface area contributed by atoms with E-state index in [2.05, 4.69) is 12.2 Å². The fourth-order valence-corrected chi connectivity index (χ4v) is 1.41. The third-order valence-corrected chi connectivity index (χ3v) is 2.29. The normalized spacial score (nSPS) is 21.0. The molecule has 0 saturated carbocycles. The molecule has 0 spiro atoms. The minimum Gasteiger partial charge on any atom is -0.462 e. The van der Waals surface area contributed by atoms with Gasteiger partial charge in [0.1, 0.15) is 6.10 Å². The molecule has 76 valence electrons. The van der Waals surface area contributed by atoms with Crippen molar-refractivity contribution < 1.29 is 9.53 Å². The van der Waals surface area contributed by atoms with E-state index in [1.54, 1.807) is 0 Å². The summed E-state index contributed by atoms with van der Waals surface area (Å²) < 4.78 is 4.89. The van der Waals surface area contributed by atoms with Crippen LogP contribution >= 0.6 is 0 Å². The van der Waals surface area contributed by atoms with Gasteiger partial charge in [-0.05, 0) is 25.9 Å². The molecule has 13 heavy (non-hydrogen) atoms. The summed E-state index contributed by atoms with van der Waals surface area (Å²) in [5, 5.41) is 3.34. The maximum absolute atomic E-state index is 10.4. The summed E-state index contributed by atoms with van der Waals surface area (Å²) in [7, 11) is 0. The number of nitrogens with one attached hydrogen (secondary N) is 1. The molecule has 1 rings (SSSR count). The highest BCUT2D eigenvalue weighted by Crippen LogP contribution is 2.15. The highest BCUT2D eigenvalue weighted by atomic mass is 16.6. The van der Waals surface area contributed by atoms with Crippen LogP contribution in [0.4, 0.5) is 0 Å². The molecule has 1 aliphatic heterocycles. The van der Waals surface area contributed by atoms with E-state index in [9.17, 15) is 4.79 Å². The van der Waals surface area contributed by atoms with Crippen molar-refractivity contribution in [2.45, 2.75) is 45.1 Å². The van der Waals surface area contributed by atoms with Gasteiger partial charge in [-0.25, -0.2) is 0 Å². The molecule has 0 radical (unpaired) electrons. The van der Waals surface area contributed by atoms with Gasteiger partial charge in [0, 0.05) is 0 Å². The molecular weight excluding hydrogens is 166 g/mol. The zero-order valence-electron chi connectivity index (χ0n) is 8.34. The van der Waals surface area contributed by atoms with Crippen LogP contribution in [-0.4, -0.2) is 25.2 Å². The Balaban J connectivity index is 1.77. The number of carbonyl (C=O) groups excluding carboxylic acids is 1. The molecule has 0 aromatic heterocycles. The number of ether oxygens (including phenoxy) is 1. The summed E-state index contributed by atoms with van der Waals surface area (Å²) in [4.78, 5) is 10.4. The molecule has 1 N–H and O–H groups in total. The number of esters is 1. The molecule has 0 aromatic rings. The van der Waals surface area contributed by atoms with Crippen LogP contribution in [0.25, 0.3) is 0 Å². The fourth-order valence-electron chi connectivity index (χ4n) is 1.41. The number of hydrogen-bond donors (Lipinski definition) is 1. The summed E-state index contributed by atoms with van der Waals surface area (Å²) >= 11 is 0. The van der Waals surface area contributed by atoms with Crippen LogP contribution in [0.2, 0.25) is 0 Å². The second kappa shape index (κ2) is 5.97. The Kier molecular flexibility index (Phi) is 4.83. The largest absolute Gasteiger partial charge is 0.462 e. The molecular formula is C10H19NO2. The molecule has 3 heteroatoms. The van der Waals surface area contributed by atoms with Crippen LogP contribution in [-0.2, 0) is 9.53 Å². The Morgan fingerprint density at radius 3 is 2.85 bits per heavy atom. The van der Waals surface area contributed by atoms with Gasteiger partial charge in [0.25, 0.3) is 0 Å². The third-order valence-electron chi connectivity index (χ3n) is 2.29.